The van der Waals surface area contributed by atoms with Crippen LogP contribution in [0.2, 0.25) is 0 Å². The number of nitrogens with zero attached hydrogens (tertiary/aromatic N) is 3. The molecule has 4 aliphatic rings. The van der Waals surface area contributed by atoms with Crippen molar-refractivity contribution in [2.75, 3.05) is 19.0 Å². The van der Waals surface area contributed by atoms with E-state index in [0.717, 1.165) is 23.4 Å². The molecule has 2 aliphatic carbocycles. The molecule has 2 saturated carbocycles. The number of hydrogen-bond donors (Lipinski definition) is 3. The molecule has 3 amide bonds. The lowest BCUT2D eigenvalue weighted by atomic mass is 10.0. The summed E-state index contributed by atoms with van der Waals surface area (Å²) in [6, 6.07) is 5.81. The topological polar surface area (TPSA) is 178 Å². The van der Waals surface area contributed by atoms with Crippen LogP contribution in [-0.2, 0) is 24.4 Å². The van der Waals surface area contributed by atoms with Gasteiger partial charge in [-0.15, -0.1) is 24.5 Å². The third-order valence-corrected chi connectivity index (χ3v) is 16.0. The van der Waals surface area contributed by atoms with Gasteiger partial charge in [0.25, 0.3) is 5.91 Å². The van der Waals surface area contributed by atoms with E-state index in [1.54, 1.807) is 26.2 Å². The molecule has 66 heavy (non-hydrogen) atoms. The van der Waals surface area contributed by atoms with Crippen LogP contribution in [0.25, 0.3) is 21.6 Å². The van der Waals surface area contributed by atoms with Gasteiger partial charge in [0.2, 0.25) is 21.8 Å². The van der Waals surface area contributed by atoms with Crippen molar-refractivity contribution in [3.8, 4) is 28.0 Å². The molecule has 4 heterocycles. The quantitative estimate of drug-likeness (QED) is 0.0979. The number of benzene rings is 2. The molecule has 20 heteroatoms. The molecule has 2 aromatic carbocycles. The highest BCUT2D eigenvalue weighted by Crippen LogP contribution is 2.48. The number of carbonyl (C=O) groups is 3. The second kappa shape index (κ2) is 18.0. The number of carbonyl (C=O) groups excluding carboxylic acids is 3. The first-order valence-electron chi connectivity index (χ1n) is 22.0. The second-order valence-corrected chi connectivity index (χ2v) is 21.2. The lowest BCUT2D eigenvalue weighted by molar-refractivity contribution is -0.275. The highest BCUT2D eigenvalue weighted by molar-refractivity contribution is 7.91. The van der Waals surface area contributed by atoms with E-state index in [1.807, 2.05) is 44.4 Å². The van der Waals surface area contributed by atoms with Gasteiger partial charge in [-0.1, -0.05) is 38.8 Å². The summed E-state index contributed by atoms with van der Waals surface area (Å²) in [6.45, 7) is 7.38. The summed E-state index contributed by atoms with van der Waals surface area (Å²) in [5.74, 6) is -3.87. The molecule has 2 aliphatic heterocycles. The maximum absolute atomic E-state index is 15.0. The first kappa shape index (κ1) is 47.0. The highest BCUT2D eigenvalue weighted by Gasteiger charge is 2.63. The number of halogens is 4. The Morgan fingerprint density at radius 3 is 2.48 bits per heavy atom. The number of nitrogens with one attached hydrogen (secondary N) is 3. The Kier molecular flexibility index (Phi) is 12.8. The predicted octanol–water partition coefficient (Wildman–Crippen LogP) is 8.06. The number of allylic oxidation sites excluding steroid dienone is 1. The summed E-state index contributed by atoms with van der Waals surface area (Å²) in [5.41, 5.74) is 1.14. The minimum Gasteiger partial charge on any atom is -0.496 e. The molecular weight excluding hydrogens is 905 g/mol. The van der Waals surface area contributed by atoms with Crippen molar-refractivity contribution >= 4 is 55.7 Å². The van der Waals surface area contributed by atoms with Crippen LogP contribution >= 0.6 is 11.3 Å². The fourth-order valence-electron chi connectivity index (χ4n) is 8.60. The first-order chi connectivity index (χ1) is 31.2. The molecule has 0 bridgehead atoms. The van der Waals surface area contributed by atoms with Crippen LogP contribution in [0.5, 0.6) is 17.2 Å². The first-order valence-corrected chi connectivity index (χ1v) is 24.4. The lowest BCUT2D eigenvalue weighted by Crippen LogP contribution is -2.58. The van der Waals surface area contributed by atoms with Crippen LogP contribution in [0.1, 0.15) is 95.7 Å². The van der Waals surface area contributed by atoms with Crippen LogP contribution in [0.3, 0.4) is 0 Å². The fraction of sp³-hybridized carbons (Fsp3) is 0.500. The van der Waals surface area contributed by atoms with Gasteiger partial charge in [-0.05, 0) is 82.6 Å². The van der Waals surface area contributed by atoms with Crippen molar-refractivity contribution in [3.63, 3.8) is 0 Å². The zero-order chi connectivity index (χ0) is 47.3. The van der Waals surface area contributed by atoms with Gasteiger partial charge in [0.1, 0.15) is 45.9 Å². The largest absolute Gasteiger partial charge is 0.573 e. The summed E-state index contributed by atoms with van der Waals surface area (Å²) in [5, 5.41) is 9.12. The SMILES string of the molecule is COc1ccc2c(O[C@@H]3C[C@H]4C(=O)N[C@]5(C(=O)NS(=O)(=O)C6(C)CC6)CC5/C=C\CCCCC[C@H](Nc5ccc(OC(F)(F)F)c(F)c5)C(=O)N4C3)cc(-c3nc(C(C)C)cs3)nc2c1C. The van der Waals surface area contributed by atoms with E-state index < -0.39 is 80.1 Å². The van der Waals surface area contributed by atoms with Gasteiger partial charge in [0, 0.05) is 46.5 Å². The van der Waals surface area contributed by atoms with Crippen molar-refractivity contribution in [1.82, 2.24) is 24.9 Å². The number of sulfonamides is 1. The molecule has 354 valence electrons. The van der Waals surface area contributed by atoms with Crippen LogP contribution in [-0.4, -0.2) is 89.5 Å². The number of alkyl halides is 3. The van der Waals surface area contributed by atoms with Crippen molar-refractivity contribution in [3.05, 3.63) is 71.0 Å². The van der Waals surface area contributed by atoms with E-state index in [0.29, 0.717) is 71.6 Å². The summed E-state index contributed by atoms with van der Waals surface area (Å²) < 4.78 is 97.9. The number of hydrogen-bond acceptors (Lipinski definition) is 12. The van der Waals surface area contributed by atoms with E-state index in [1.165, 1.54) is 22.3 Å². The number of ether oxygens (including phenoxy) is 3. The van der Waals surface area contributed by atoms with Gasteiger partial charge < -0.3 is 29.7 Å². The average molecular weight is 957 g/mol. The minimum absolute atomic E-state index is 0.000584. The molecule has 0 radical (unpaired) electrons. The smallest absolute Gasteiger partial charge is 0.496 e. The Labute approximate surface area is 383 Å². The summed E-state index contributed by atoms with van der Waals surface area (Å²) in [6.07, 6.45) is 1.26. The monoisotopic (exact) mass is 956 g/mol. The molecule has 2 aromatic heterocycles. The van der Waals surface area contributed by atoms with E-state index in [2.05, 4.69) is 20.1 Å². The second-order valence-electron chi connectivity index (χ2n) is 18.1. The van der Waals surface area contributed by atoms with Crippen LogP contribution in [0.4, 0.5) is 23.2 Å². The van der Waals surface area contributed by atoms with E-state index in [4.69, 9.17) is 19.4 Å². The predicted molar refractivity (Wildman–Crippen MR) is 239 cm³/mol. The molecule has 14 nitrogen and oxygen atoms in total. The van der Waals surface area contributed by atoms with Crippen LogP contribution in [0, 0.1) is 18.7 Å². The summed E-state index contributed by atoms with van der Waals surface area (Å²) in [7, 11) is -2.52. The fourth-order valence-corrected chi connectivity index (χ4v) is 10.9. The zero-order valence-corrected chi connectivity index (χ0v) is 38.7. The van der Waals surface area contributed by atoms with Crippen molar-refractivity contribution in [2.24, 2.45) is 5.92 Å². The maximum atomic E-state index is 15.0. The zero-order valence-electron chi connectivity index (χ0n) is 37.1. The Morgan fingerprint density at radius 2 is 1.80 bits per heavy atom. The van der Waals surface area contributed by atoms with Gasteiger partial charge in [-0.2, -0.15) is 0 Å². The standard InChI is InChI=1S/C46H52F4N6O8S2/c1-25(2)34-24-65-41(53-34)33-21-38(30-14-16-36(62-5)26(3)39(30)52-33)63-29-20-35-40(57)54-45(43(59)55-66(60,61)44(4)17-18-44)22-27(45)11-9-7-6-8-10-12-32(42(58)56(35)23-29)51-28-13-15-37(31(47)19-28)64-46(48,49)50/h9,11,13-16,19,21,24-25,27,29,32,35,51H,6-8,10,12,17-18,20,22-23H2,1-5H3,(H,54,57)(H,55,59)/b11-9-/t27?,29-,32+,35+,45-/m1/s1. The number of aryl methyl sites for hydroxylation is 1. The number of rotatable bonds is 11. The molecule has 5 atom stereocenters. The molecule has 8 rings (SSSR count). The summed E-state index contributed by atoms with van der Waals surface area (Å²) >= 11 is 1.43. The Morgan fingerprint density at radius 1 is 1.05 bits per heavy atom. The van der Waals surface area contributed by atoms with Gasteiger partial charge >= 0.3 is 6.36 Å². The molecule has 0 spiro atoms. The molecule has 1 unspecified atom stereocenters. The number of fused-ring (bicyclic) bond motifs is 3. The number of amides is 3. The van der Waals surface area contributed by atoms with E-state index >= 15 is 0 Å². The minimum atomic E-state index is -5.13. The normalized spacial score (nSPS) is 24.9. The molecule has 3 fully saturated rings. The van der Waals surface area contributed by atoms with Gasteiger partial charge in [0.15, 0.2) is 11.6 Å². The summed E-state index contributed by atoms with van der Waals surface area (Å²) in [4.78, 5) is 54.9. The lowest BCUT2D eigenvalue weighted by Gasteiger charge is -2.30. The van der Waals surface area contributed by atoms with Gasteiger partial charge in [-0.25, -0.2) is 22.8 Å². The Bertz CT molecular complexity index is 2690. The number of aromatic nitrogens is 2. The molecular formula is C46H52F4N6O8S2. The average Bonchev–Trinajstić information content (AvgIpc) is 4.03. The van der Waals surface area contributed by atoms with Gasteiger partial charge in [-0.3, -0.25) is 19.1 Å². The van der Waals surface area contributed by atoms with Crippen LogP contribution < -0.4 is 29.6 Å². The third kappa shape index (κ3) is 9.66. The van der Waals surface area contributed by atoms with Crippen molar-refractivity contribution < 1.29 is 54.6 Å². The van der Waals surface area contributed by atoms with Crippen LogP contribution in [0.15, 0.2) is 53.9 Å². The maximum Gasteiger partial charge on any atom is 0.573 e. The van der Waals surface area contributed by atoms with Crippen molar-refractivity contribution in [2.45, 2.75) is 126 Å². The number of thiazole rings is 1. The molecule has 4 aromatic rings. The van der Waals surface area contributed by atoms with E-state index in [9.17, 15) is 40.4 Å². The van der Waals surface area contributed by atoms with E-state index in [-0.39, 0.29) is 37.4 Å². The van der Waals surface area contributed by atoms with Crippen molar-refractivity contribution in [1.29, 1.82) is 0 Å². The number of pyridine rings is 1. The Balaban J connectivity index is 1.15. The number of methoxy groups -OCH3 is 1. The van der Waals surface area contributed by atoms with Gasteiger partial charge in [0.05, 0.1) is 29.6 Å². The third-order valence-electron chi connectivity index (χ3n) is 13.0. The number of anilines is 1. The Hall–Kier alpha value is -5.50. The molecule has 1 saturated heterocycles. The highest BCUT2D eigenvalue weighted by atomic mass is 32.2. The molecule has 3 N–H and O–H groups in total.